The molecule has 0 bridgehead atoms. The molecule has 6 nitrogen and oxygen atoms in total. The van der Waals surface area contributed by atoms with Gasteiger partial charge in [-0.1, -0.05) is 0 Å². The van der Waals surface area contributed by atoms with Crippen molar-refractivity contribution in [2.45, 2.75) is 25.9 Å². The number of aromatic carboxylic acids is 1. The Hall–Kier alpha value is -2.08. The molecular weight excluding hydrogens is 272 g/mol. The Labute approximate surface area is 122 Å². The smallest absolute Gasteiger partial charge is 0.335 e. The molecule has 1 atom stereocenters. The van der Waals surface area contributed by atoms with Gasteiger partial charge in [-0.25, -0.2) is 4.79 Å². The second kappa shape index (κ2) is 4.73. The van der Waals surface area contributed by atoms with Gasteiger partial charge in [-0.3, -0.25) is 0 Å². The Kier molecular flexibility index (Phi) is 3.13. The quantitative estimate of drug-likeness (QED) is 0.900. The third-order valence-corrected chi connectivity index (χ3v) is 4.08. The van der Waals surface area contributed by atoms with Crippen molar-refractivity contribution in [2.24, 2.45) is 5.92 Å². The van der Waals surface area contributed by atoms with Crippen LogP contribution in [-0.4, -0.2) is 39.9 Å². The van der Waals surface area contributed by atoms with Crippen LogP contribution in [0.25, 0.3) is 11.1 Å². The van der Waals surface area contributed by atoms with E-state index in [2.05, 4.69) is 4.98 Å². The van der Waals surface area contributed by atoms with Crippen molar-refractivity contribution in [3.05, 3.63) is 23.8 Å². The molecule has 0 radical (unpaired) electrons. The highest BCUT2D eigenvalue weighted by molar-refractivity contribution is 5.92. The molecule has 21 heavy (non-hydrogen) atoms. The van der Waals surface area contributed by atoms with E-state index in [4.69, 9.17) is 9.52 Å². The number of oxazole rings is 1. The number of rotatable bonds is 3. The molecule has 3 rings (SSSR count). The molecule has 1 aliphatic heterocycles. The zero-order valence-electron chi connectivity index (χ0n) is 12.0. The minimum absolute atomic E-state index is 0.169. The molecule has 1 aromatic carbocycles. The van der Waals surface area contributed by atoms with Gasteiger partial charge in [0.05, 0.1) is 11.2 Å². The molecule has 1 saturated heterocycles. The van der Waals surface area contributed by atoms with Crippen molar-refractivity contribution >= 4 is 23.1 Å². The first-order chi connectivity index (χ1) is 9.84. The number of hydrogen-bond acceptors (Lipinski definition) is 5. The minimum Gasteiger partial charge on any atom is -0.478 e. The number of carboxylic acid groups (broad SMARTS) is 1. The predicted octanol–water partition coefficient (Wildman–Crippen LogP) is 2.12. The van der Waals surface area contributed by atoms with E-state index in [1.54, 1.807) is 6.07 Å². The first kappa shape index (κ1) is 13.9. The summed E-state index contributed by atoms with van der Waals surface area (Å²) in [7, 11) is 0. The molecule has 112 valence electrons. The Morgan fingerprint density at radius 3 is 2.86 bits per heavy atom. The maximum Gasteiger partial charge on any atom is 0.335 e. The van der Waals surface area contributed by atoms with E-state index < -0.39 is 11.6 Å². The van der Waals surface area contributed by atoms with Crippen molar-refractivity contribution in [2.75, 3.05) is 18.0 Å². The molecule has 1 unspecified atom stereocenters. The Bertz CT molecular complexity index is 687. The molecule has 1 fully saturated rings. The lowest BCUT2D eigenvalue weighted by Gasteiger charge is -2.25. The van der Waals surface area contributed by atoms with Gasteiger partial charge in [0.1, 0.15) is 5.52 Å². The standard InChI is InChI=1S/C15H18N2O4/c1-15(2,20)10-5-6-17(8-10)14-16-11-4-3-9(13(18)19)7-12(11)21-14/h3-4,7,10,20H,5-6,8H2,1-2H3,(H,18,19). The predicted molar refractivity (Wildman–Crippen MR) is 77.6 cm³/mol. The number of benzene rings is 1. The Morgan fingerprint density at radius 2 is 2.24 bits per heavy atom. The molecule has 0 saturated carbocycles. The summed E-state index contributed by atoms with van der Waals surface area (Å²) in [5, 5.41) is 19.1. The van der Waals surface area contributed by atoms with E-state index in [1.807, 2.05) is 18.7 Å². The molecular formula is C15H18N2O4. The molecule has 2 N–H and O–H groups in total. The van der Waals surface area contributed by atoms with Crippen molar-refractivity contribution in [3.63, 3.8) is 0 Å². The van der Waals surface area contributed by atoms with Gasteiger partial charge >= 0.3 is 5.97 Å². The van der Waals surface area contributed by atoms with Crippen molar-refractivity contribution in [1.29, 1.82) is 0 Å². The van der Waals surface area contributed by atoms with Gasteiger partial charge in [-0.2, -0.15) is 4.98 Å². The van der Waals surface area contributed by atoms with Gasteiger partial charge in [-0.05, 0) is 38.5 Å². The molecule has 2 aromatic rings. The molecule has 0 aliphatic carbocycles. The zero-order valence-corrected chi connectivity index (χ0v) is 12.0. The van der Waals surface area contributed by atoms with E-state index in [9.17, 15) is 9.90 Å². The number of carbonyl (C=O) groups is 1. The van der Waals surface area contributed by atoms with Crippen LogP contribution in [0.4, 0.5) is 6.01 Å². The first-order valence-corrected chi connectivity index (χ1v) is 6.96. The number of fused-ring (bicyclic) bond motifs is 1. The fraction of sp³-hybridized carbons (Fsp3) is 0.467. The van der Waals surface area contributed by atoms with Crippen LogP contribution in [0.15, 0.2) is 22.6 Å². The summed E-state index contributed by atoms with van der Waals surface area (Å²) in [6, 6.07) is 5.13. The summed E-state index contributed by atoms with van der Waals surface area (Å²) < 4.78 is 5.67. The summed E-state index contributed by atoms with van der Waals surface area (Å²) in [4.78, 5) is 17.3. The van der Waals surface area contributed by atoms with Crippen LogP contribution in [-0.2, 0) is 0 Å². The van der Waals surface area contributed by atoms with Crippen LogP contribution in [0, 0.1) is 5.92 Å². The van der Waals surface area contributed by atoms with Crippen LogP contribution in [0.5, 0.6) is 0 Å². The monoisotopic (exact) mass is 290 g/mol. The van der Waals surface area contributed by atoms with Crippen LogP contribution in [0.1, 0.15) is 30.6 Å². The number of aliphatic hydroxyl groups is 1. The van der Waals surface area contributed by atoms with Gasteiger partial charge in [0.25, 0.3) is 6.01 Å². The molecule has 0 spiro atoms. The summed E-state index contributed by atoms with van der Waals surface area (Å²) in [5.41, 5.74) is 0.566. The first-order valence-electron chi connectivity index (χ1n) is 6.96. The van der Waals surface area contributed by atoms with Crippen LogP contribution in [0.2, 0.25) is 0 Å². The molecule has 6 heteroatoms. The maximum absolute atomic E-state index is 11.0. The SMILES string of the molecule is CC(C)(O)C1CCN(c2nc3ccc(C(=O)O)cc3o2)C1. The second-order valence-corrected chi connectivity index (χ2v) is 6.07. The molecule has 0 amide bonds. The number of anilines is 1. The third-order valence-electron chi connectivity index (χ3n) is 4.08. The van der Waals surface area contributed by atoms with Gasteiger partial charge < -0.3 is 19.5 Å². The van der Waals surface area contributed by atoms with Gasteiger partial charge in [-0.15, -0.1) is 0 Å². The third kappa shape index (κ3) is 2.58. The summed E-state index contributed by atoms with van der Waals surface area (Å²) in [6.07, 6.45) is 0.878. The van der Waals surface area contributed by atoms with Crippen LogP contribution >= 0.6 is 0 Å². The lowest BCUT2D eigenvalue weighted by Crippen LogP contribution is -2.33. The van der Waals surface area contributed by atoms with Gasteiger partial charge in [0.15, 0.2) is 5.58 Å². The summed E-state index contributed by atoms with van der Waals surface area (Å²) in [6.45, 7) is 5.08. The van der Waals surface area contributed by atoms with Gasteiger partial charge in [0, 0.05) is 19.0 Å². The topological polar surface area (TPSA) is 86.8 Å². The minimum atomic E-state index is -0.988. The van der Waals surface area contributed by atoms with Crippen molar-refractivity contribution < 1.29 is 19.4 Å². The summed E-state index contributed by atoms with van der Waals surface area (Å²) in [5.74, 6) is -0.819. The largest absolute Gasteiger partial charge is 0.478 e. The lowest BCUT2D eigenvalue weighted by molar-refractivity contribution is 0.0262. The second-order valence-electron chi connectivity index (χ2n) is 6.07. The van der Waals surface area contributed by atoms with E-state index >= 15 is 0 Å². The highest BCUT2D eigenvalue weighted by atomic mass is 16.4. The van der Waals surface area contributed by atoms with Gasteiger partial charge in [0.2, 0.25) is 0 Å². The fourth-order valence-corrected chi connectivity index (χ4v) is 2.69. The van der Waals surface area contributed by atoms with E-state index in [-0.39, 0.29) is 11.5 Å². The van der Waals surface area contributed by atoms with Crippen LogP contribution in [0.3, 0.4) is 0 Å². The normalized spacial score (nSPS) is 19.4. The van der Waals surface area contributed by atoms with E-state index in [1.165, 1.54) is 12.1 Å². The highest BCUT2D eigenvalue weighted by Gasteiger charge is 2.35. The number of carboxylic acids is 1. The van der Waals surface area contributed by atoms with E-state index in [0.29, 0.717) is 23.7 Å². The van der Waals surface area contributed by atoms with Crippen molar-refractivity contribution in [1.82, 2.24) is 4.98 Å². The average Bonchev–Trinajstić information content (AvgIpc) is 3.03. The summed E-state index contributed by atoms with van der Waals surface area (Å²) >= 11 is 0. The number of nitrogens with zero attached hydrogens (tertiary/aromatic N) is 2. The number of hydrogen-bond donors (Lipinski definition) is 2. The van der Waals surface area contributed by atoms with E-state index in [0.717, 1.165) is 13.0 Å². The molecule has 1 aromatic heterocycles. The van der Waals surface area contributed by atoms with Crippen molar-refractivity contribution in [3.8, 4) is 0 Å². The highest BCUT2D eigenvalue weighted by Crippen LogP contribution is 2.31. The molecule has 2 heterocycles. The Balaban J connectivity index is 1.87. The fourth-order valence-electron chi connectivity index (χ4n) is 2.69. The zero-order chi connectivity index (χ0) is 15.2. The Morgan fingerprint density at radius 1 is 1.48 bits per heavy atom. The molecule has 1 aliphatic rings. The van der Waals surface area contributed by atoms with Crippen LogP contribution < -0.4 is 4.90 Å². The average molecular weight is 290 g/mol. The lowest BCUT2D eigenvalue weighted by atomic mass is 9.91. The number of aromatic nitrogens is 1. The maximum atomic E-state index is 11.0.